The van der Waals surface area contributed by atoms with Gasteiger partial charge in [-0.2, -0.15) is 0 Å². The van der Waals surface area contributed by atoms with Crippen molar-refractivity contribution >= 4 is 33.6 Å². The van der Waals surface area contributed by atoms with E-state index >= 15 is 0 Å². The minimum absolute atomic E-state index is 0.226. The van der Waals surface area contributed by atoms with Gasteiger partial charge in [-0.15, -0.1) is 0 Å². The van der Waals surface area contributed by atoms with Crippen molar-refractivity contribution in [1.82, 2.24) is 4.98 Å². The topological polar surface area (TPSA) is 60.5 Å². The number of benzene rings is 1. The van der Waals surface area contributed by atoms with Gasteiger partial charge in [-0.05, 0) is 23.8 Å². The van der Waals surface area contributed by atoms with Crippen LogP contribution in [0.4, 0.5) is 5.69 Å². The molecule has 0 saturated carbocycles. The molecule has 0 aliphatic heterocycles. The van der Waals surface area contributed by atoms with Gasteiger partial charge in [0.05, 0.1) is 18.5 Å². The predicted molar refractivity (Wildman–Crippen MR) is 93.4 cm³/mol. The van der Waals surface area contributed by atoms with Gasteiger partial charge in [-0.3, -0.25) is 4.79 Å². The normalized spacial score (nSPS) is 10.7. The number of amides is 1. The largest absolute Gasteiger partial charge is 0.475 e. The number of anilines is 1. The van der Waals surface area contributed by atoms with Gasteiger partial charge in [-0.25, -0.2) is 4.98 Å². The summed E-state index contributed by atoms with van der Waals surface area (Å²) in [7, 11) is 1.61. The summed E-state index contributed by atoms with van der Waals surface area (Å²) >= 11 is 3.43. The summed E-state index contributed by atoms with van der Waals surface area (Å²) in [6.07, 6.45) is 4.77. The number of carbonyl (C=O) groups excluding carboxylic acids is 1. The summed E-state index contributed by atoms with van der Waals surface area (Å²) < 4.78 is 11.2. The van der Waals surface area contributed by atoms with Crippen molar-refractivity contribution in [2.75, 3.05) is 25.6 Å². The molecule has 6 heteroatoms. The third-order valence-electron chi connectivity index (χ3n) is 2.86. The predicted octanol–water partition coefficient (Wildman–Crippen LogP) is 3.52. The SMILES string of the molecule is COCCOc1ccc(NC(=O)/C=C/c2ccccc2Br)cn1. The van der Waals surface area contributed by atoms with Crippen molar-refractivity contribution in [2.24, 2.45) is 0 Å². The molecule has 0 aliphatic carbocycles. The Bertz CT molecular complexity index is 672. The van der Waals surface area contributed by atoms with Crippen LogP contribution in [0.5, 0.6) is 5.88 Å². The van der Waals surface area contributed by atoms with Gasteiger partial charge in [-0.1, -0.05) is 34.1 Å². The minimum atomic E-state index is -0.226. The van der Waals surface area contributed by atoms with Crippen LogP contribution in [0, 0.1) is 0 Å². The first-order valence-corrected chi connectivity index (χ1v) is 7.80. The van der Waals surface area contributed by atoms with Crippen LogP contribution in [-0.4, -0.2) is 31.2 Å². The standard InChI is InChI=1S/C17H17BrN2O3/c1-22-10-11-23-17-9-7-14(12-19-17)20-16(21)8-6-13-4-2-3-5-15(13)18/h2-9,12H,10-11H2,1H3,(H,20,21)/b8-6+. The highest BCUT2D eigenvalue weighted by Gasteiger charge is 2.01. The highest BCUT2D eigenvalue weighted by molar-refractivity contribution is 9.10. The minimum Gasteiger partial charge on any atom is -0.475 e. The average Bonchev–Trinajstić information content (AvgIpc) is 2.56. The van der Waals surface area contributed by atoms with E-state index in [4.69, 9.17) is 9.47 Å². The molecule has 23 heavy (non-hydrogen) atoms. The maximum Gasteiger partial charge on any atom is 0.248 e. The highest BCUT2D eigenvalue weighted by Crippen LogP contribution is 2.17. The van der Waals surface area contributed by atoms with Crippen molar-refractivity contribution in [3.63, 3.8) is 0 Å². The number of ether oxygens (including phenoxy) is 2. The first-order chi connectivity index (χ1) is 11.2. The van der Waals surface area contributed by atoms with Crippen molar-refractivity contribution in [1.29, 1.82) is 0 Å². The fraction of sp³-hybridized carbons (Fsp3) is 0.176. The Morgan fingerprint density at radius 2 is 2.09 bits per heavy atom. The van der Waals surface area contributed by atoms with Crippen molar-refractivity contribution in [3.05, 3.63) is 58.7 Å². The molecule has 1 aromatic heterocycles. The lowest BCUT2D eigenvalue weighted by Gasteiger charge is -2.06. The fourth-order valence-corrected chi connectivity index (χ4v) is 2.15. The molecule has 0 bridgehead atoms. The molecule has 0 radical (unpaired) electrons. The van der Waals surface area contributed by atoms with Crippen LogP contribution in [0.3, 0.4) is 0 Å². The molecule has 0 fully saturated rings. The number of pyridine rings is 1. The summed E-state index contributed by atoms with van der Waals surface area (Å²) in [5.74, 6) is 0.263. The zero-order valence-corrected chi connectivity index (χ0v) is 14.2. The van der Waals surface area contributed by atoms with Gasteiger partial charge >= 0.3 is 0 Å². The second-order valence-electron chi connectivity index (χ2n) is 4.57. The number of aromatic nitrogens is 1. The molecule has 120 valence electrons. The zero-order valence-electron chi connectivity index (χ0n) is 12.7. The van der Waals surface area contributed by atoms with Crippen LogP contribution in [-0.2, 0) is 9.53 Å². The zero-order chi connectivity index (χ0) is 16.5. The molecule has 0 aliphatic rings. The number of hydrogen-bond acceptors (Lipinski definition) is 4. The van der Waals surface area contributed by atoms with Crippen LogP contribution in [0.15, 0.2) is 53.1 Å². The molecule has 1 amide bonds. The third kappa shape index (κ3) is 5.84. The molecule has 0 saturated heterocycles. The summed E-state index contributed by atoms with van der Waals surface area (Å²) in [6.45, 7) is 0.934. The molecule has 5 nitrogen and oxygen atoms in total. The molecule has 0 spiro atoms. The number of methoxy groups -OCH3 is 1. The Kier molecular flexibility index (Phi) is 6.77. The number of nitrogens with one attached hydrogen (secondary N) is 1. The Hall–Kier alpha value is -2.18. The Morgan fingerprint density at radius 1 is 1.26 bits per heavy atom. The quantitative estimate of drug-likeness (QED) is 0.593. The van der Waals surface area contributed by atoms with Gasteiger partial charge in [0.2, 0.25) is 11.8 Å². The van der Waals surface area contributed by atoms with Gasteiger partial charge in [0.25, 0.3) is 0 Å². The number of nitrogens with zero attached hydrogens (tertiary/aromatic N) is 1. The van der Waals surface area contributed by atoms with Crippen molar-refractivity contribution in [2.45, 2.75) is 0 Å². The van der Waals surface area contributed by atoms with Gasteiger partial charge in [0, 0.05) is 23.7 Å². The van der Waals surface area contributed by atoms with E-state index in [1.54, 1.807) is 31.5 Å². The lowest BCUT2D eigenvalue weighted by atomic mass is 10.2. The molecule has 0 atom stereocenters. The van der Waals surface area contributed by atoms with Crippen LogP contribution in [0.2, 0.25) is 0 Å². The smallest absolute Gasteiger partial charge is 0.248 e. The van der Waals surface area contributed by atoms with E-state index in [1.165, 1.54) is 6.08 Å². The van der Waals surface area contributed by atoms with Crippen LogP contribution in [0.25, 0.3) is 6.08 Å². The van der Waals surface area contributed by atoms with E-state index in [1.807, 2.05) is 24.3 Å². The van der Waals surface area contributed by atoms with Gasteiger partial charge in [0.1, 0.15) is 6.61 Å². The summed E-state index contributed by atoms with van der Waals surface area (Å²) in [6, 6.07) is 11.1. The Balaban J connectivity index is 1.89. The van der Waals surface area contributed by atoms with Gasteiger partial charge < -0.3 is 14.8 Å². The van der Waals surface area contributed by atoms with Crippen molar-refractivity contribution in [3.8, 4) is 5.88 Å². The molecule has 1 aromatic carbocycles. The summed E-state index contributed by atoms with van der Waals surface area (Å²) in [4.78, 5) is 16.0. The first-order valence-electron chi connectivity index (χ1n) is 7.00. The number of carbonyl (C=O) groups is 1. The highest BCUT2D eigenvalue weighted by atomic mass is 79.9. The second-order valence-corrected chi connectivity index (χ2v) is 5.42. The fourth-order valence-electron chi connectivity index (χ4n) is 1.73. The van der Waals surface area contributed by atoms with E-state index < -0.39 is 0 Å². The lowest BCUT2D eigenvalue weighted by molar-refractivity contribution is -0.111. The number of hydrogen-bond donors (Lipinski definition) is 1. The molecule has 0 unspecified atom stereocenters. The van der Waals surface area contributed by atoms with E-state index in [2.05, 4.69) is 26.2 Å². The van der Waals surface area contributed by atoms with E-state index in [9.17, 15) is 4.79 Å². The first kappa shape index (κ1) is 17.2. The monoisotopic (exact) mass is 376 g/mol. The number of rotatable bonds is 7. The van der Waals surface area contributed by atoms with Crippen molar-refractivity contribution < 1.29 is 14.3 Å². The lowest BCUT2D eigenvalue weighted by Crippen LogP contribution is -2.09. The van der Waals surface area contributed by atoms with Crippen LogP contribution < -0.4 is 10.1 Å². The molecule has 2 aromatic rings. The molecule has 2 rings (SSSR count). The maximum atomic E-state index is 11.9. The Labute approximate surface area is 143 Å². The summed E-state index contributed by atoms with van der Waals surface area (Å²) in [5, 5.41) is 2.74. The summed E-state index contributed by atoms with van der Waals surface area (Å²) in [5.41, 5.74) is 1.54. The molecular formula is C17H17BrN2O3. The number of halogens is 1. The molecule has 1 heterocycles. The Morgan fingerprint density at radius 3 is 2.78 bits per heavy atom. The van der Waals surface area contributed by atoms with E-state index in [0.29, 0.717) is 24.8 Å². The molecular weight excluding hydrogens is 360 g/mol. The molecule has 1 N–H and O–H groups in total. The average molecular weight is 377 g/mol. The van der Waals surface area contributed by atoms with E-state index in [-0.39, 0.29) is 5.91 Å². The maximum absolute atomic E-state index is 11.9. The third-order valence-corrected chi connectivity index (χ3v) is 3.58. The van der Waals surface area contributed by atoms with E-state index in [0.717, 1.165) is 10.0 Å². The van der Waals surface area contributed by atoms with Crippen LogP contribution in [0.1, 0.15) is 5.56 Å². The second kappa shape index (κ2) is 9.07. The van der Waals surface area contributed by atoms with Gasteiger partial charge in [0.15, 0.2) is 0 Å². The van der Waals surface area contributed by atoms with Crippen LogP contribution >= 0.6 is 15.9 Å².